The number of carbonyl (C=O) groups is 1. The molecule has 126 valence electrons. The first-order valence-electron chi connectivity index (χ1n) is 7.52. The highest BCUT2D eigenvalue weighted by Crippen LogP contribution is 2.11. The van der Waals surface area contributed by atoms with Crippen molar-refractivity contribution in [1.29, 1.82) is 0 Å². The Kier molecular flexibility index (Phi) is 4.95. The highest BCUT2D eigenvalue weighted by molar-refractivity contribution is 9.10. The smallest absolute Gasteiger partial charge is 0.280 e. The van der Waals surface area contributed by atoms with Crippen LogP contribution >= 0.6 is 15.9 Å². The van der Waals surface area contributed by atoms with Crippen LogP contribution in [0.1, 0.15) is 21.6 Å². The number of hydrogen-bond donors (Lipinski definition) is 2. The number of aromatic amines is 1. The summed E-state index contributed by atoms with van der Waals surface area (Å²) in [6.45, 7) is 1.78. The minimum atomic E-state index is -0.353. The van der Waals surface area contributed by atoms with Gasteiger partial charge < -0.3 is 0 Å². The molecule has 0 radical (unpaired) electrons. The zero-order valence-electron chi connectivity index (χ0n) is 13.4. The lowest BCUT2D eigenvalue weighted by atomic mass is 10.2. The number of nitrogens with zero attached hydrogens (tertiary/aromatic N) is 2. The van der Waals surface area contributed by atoms with Crippen LogP contribution in [0, 0.1) is 6.92 Å². The van der Waals surface area contributed by atoms with Gasteiger partial charge in [0.1, 0.15) is 0 Å². The minimum absolute atomic E-state index is 0.232. The first-order valence-corrected chi connectivity index (χ1v) is 8.31. The van der Waals surface area contributed by atoms with Crippen LogP contribution in [0.25, 0.3) is 5.69 Å². The lowest BCUT2D eigenvalue weighted by Crippen LogP contribution is -2.20. The van der Waals surface area contributed by atoms with Crippen molar-refractivity contribution >= 4 is 28.1 Å². The van der Waals surface area contributed by atoms with Gasteiger partial charge in [0.2, 0.25) is 0 Å². The molecule has 3 rings (SSSR count). The third-order valence-corrected chi connectivity index (χ3v) is 4.07. The van der Waals surface area contributed by atoms with Gasteiger partial charge >= 0.3 is 0 Å². The number of benzene rings is 2. The van der Waals surface area contributed by atoms with Gasteiger partial charge in [-0.2, -0.15) is 5.10 Å². The fourth-order valence-electron chi connectivity index (χ4n) is 2.32. The zero-order valence-corrected chi connectivity index (χ0v) is 14.9. The van der Waals surface area contributed by atoms with Crippen LogP contribution in [0.2, 0.25) is 0 Å². The lowest BCUT2D eigenvalue weighted by Gasteiger charge is -1.99. The maximum absolute atomic E-state index is 12.5. The van der Waals surface area contributed by atoms with Crippen LogP contribution in [0.15, 0.2) is 69.0 Å². The van der Waals surface area contributed by atoms with E-state index in [2.05, 4.69) is 31.6 Å². The van der Waals surface area contributed by atoms with E-state index in [1.54, 1.807) is 25.1 Å². The van der Waals surface area contributed by atoms with Gasteiger partial charge in [-0.05, 0) is 37.3 Å². The Bertz CT molecular complexity index is 990. The van der Waals surface area contributed by atoms with E-state index in [4.69, 9.17) is 0 Å². The molecule has 0 bridgehead atoms. The van der Waals surface area contributed by atoms with Gasteiger partial charge in [0.05, 0.1) is 17.5 Å². The summed E-state index contributed by atoms with van der Waals surface area (Å²) in [5.41, 5.74) is 4.44. The van der Waals surface area contributed by atoms with Crippen molar-refractivity contribution in [3.63, 3.8) is 0 Å². The molecule has 0 fully saturated rings. The van der Waals surface area contributed by atoms with E-state index in [-0.39, 0.29) is 11.5 Å². The van der Waals surface area contributed by atoms with E-state index in [0.717, 1.165) is 10.2 Å². The zero-order chi connectivity index (χ0) is 17.8. The Balaban J connectivity index is 1.79. The first kappa shape index (κ1) is 16.9. The molecule has 0 saturated heterocycles. The number of para-hydroxylation sites is 1. The minimum Gasteiger partial charge on any atom is -0.295 e. The Morgan fingerprint density at radius 3 is 2.68 bits per heavy atom. The fraction of sp³-hybridized carbons (Fsp3) is 0.0556. The van der Waals surface area contributed by atoms with Crippen LogP contribution in [0.4, 0.5) is 0 Å². The molecule has 1 aromatic heterocycles. The normalized spacial score (nSPS) is 11.0. The standard InChI is InChI=1S/C18H15BrN4O2/c1-12-16(18(25)23(22-12)15-8-3-2-4-9-15)11-20-21-17(24)13-6-5-7-14(19)10-13/h2-11,22H,1H3,(H,21,24)/b20-11-. The quantitative estimate of drug-likeness (QED) is 0.523. The SMILES string of the molecule is Cc1[nH]n(-c2ccccc2)c(=O)c1/C=N\NC(=O)c1cccc(Br)c1. The topological polar surface area (TPSA) is 79.2 Å². The average molecular weight is 399 g/mol. The maximum atomic E-state index is 12.5. The van der Waals surface area contributed by atoms with Crippen molar-refractivity contribution in [1.82, 2.24) is 15.2 Å². The molecule has 7 heteroatoms. The number of hydrogen-bond acceptors (Lipinski definition) is 3. The summed E-state index contributed by atoms with van der Waals surface area (Å²) in [6.07, 6.45) is 1.35. The molecular weight excluding hydrogens is 384 g/mol. The second-order valence-corrected chi connectivity index (χ2v) is 6.25. The van der Waals surface area contributed by atoms with Gasteiger partial charge in [0.25, 0.3) is 11.5 Å². The van der Waals surface area contributed by atoms with Crippen molar-refractivity contribution in [3.8, 4) is 5.69 Å². The van der Waals surface area contributed by atoms with Crippen LogP contribution in [-0.4, -0.2) is 21.9 Å². The summed E-state index contributed by atoms with van der Waals surface area (Å²) in [6, 6.07) is 16.2. The van der Waals surface area contributed by atoms with Gasteiger partial charge in [0, 0.05) is 15.7 Å². The van der Waals surface area contributed by atoms with E-state index in [1.807, 2.05) is 36.4 Å². The predicted molar refractivity (Wildman–Crippen MR) is 100 cm³/mol. The van der Waals surface area contributed by atoms with Crippen molar-refractivity contribution in [2.75, 3.05) is 0 Å². The van der Waals surface area contributed by atoms with Crippen molar-refractivity contribution in [2.45, 2.75) is 6.92 Å². The van der Waals surface area contributed by atoms with Gasteiger partial charge in [-0.1, -0.05) is 40.2 Å². The van der Waals surface area contributed by atoms with E-state index < -0.39 is 0 Å². The number of amides is 1. The van der Waals surface area contributed by atoms with E-state index in [0.29, 0.717) is 16.8 Å². The summed E-state index contributed by atoms with van der Waals surface area (Å²) in [4.78, 5) is 24.5. The second kappa shape index (κ2) is 7.31. The van der Waals surface area contributed by atoms with E-state index in [1.165, 1.54) is 10.9 Å². The van der Waals surface area contributed by atoms with E-state index >= 15 is 0 Å². The number of nitrogens with one attached hydrogen (secondary N) is 2. The van der Waals surface area contributed by atoms with Crippen molar-refractivity contribution in [3.05, 3.63) is 86.2 Å². The molecule has 0 saturated carbocycles. The highest BCUT2D eigenvalue weighted by Gasteiger charge is 2.10. The molecule has 3 aromatic rings. The molecule has 0 aliphatic carbocycles. The fourth-order valence-corrected chi connectivity index (χ4v) is 2.72. The van der Waals surface area contributed by atoms with Gasteiger partial charge in [0.15, 0.2) is 0 Å². The second-order valence-electron chi connectivity index (χ2n) is 5.34. The Morgan fingerprint density at radius 1 is 1.20 bits per heavy atom. The Labute approximate surface area is 152 Å². The van der Waals surface area contributed by atoms with Gasteiger partial charge in [-0.3, -0.25) is 14.7 Å². The molecule has 0 aliphatic rings. The average Bonchev–Trinajstić information content (AvgIpc) is 2.90. The third-order valence-electron chi connectivity index (χ3n) is 3.58. The highest BCUT2D eigenvalue weighted by atomic mass is 79.9. The molecule has 1 amide bonds. The summed E-state index contributed by atoms with van der Waals surface area (Å²) >= 11 is 3.31. The summed E-state index contributed by atoms with van der Waals surface area (Å²) < 4.78 is 2.24. The molecule has 0 aliphatic heterocycles. The molecule has 0 atom stereocenters. The molecule has 25 heavy (non-hydrogen) atoms. The molecule has 0 unspecified atom stereocenters. The largest absolute Gasteiger partial charge is 0.295 e. The number of carbonyl (C=O) groups excluding carboxylic acids is 1. The molecule has 2 aromatic carbocycles. The molecule has 0 spiro atoms. The molecule has 6 nitrogen and oxygen atoms in total. The first-order chi connectivity index (χ1) is 12.1. The Morgan fingerprint density at radius 2 is 1.96 bits per heavy atom. The van der Waals surface area contributed by atoms with Crippen LogP contribution < -0.4 is 11.0 Å². The molecular formula is C18H15BrN4O2. The van der Waals surface area contributed by atoms with Crippen molar-refractivity contribution in [2.24, 2.45) is 5.10 Å². The van der Waals surface area contributed by atoms with Gasteiger partial charge in [-0.25, -0.2) is 10.1 Å². The number of halogens is 1. The summed E-state index contributed by atoms with van der Waals surface area (Å²) in [5, 5.41) is 6.90. The lowest BCUT2D eigenvalue weighted by molar-refractivity contribution is 0.0955. The predicted octanol–water partition coefficient (Wildman–Crippen LogP) is 3.00. The van der Waals surface area contributed by atoms with Crippen LogP contribution in [-0.2, 0) is 0 Å². The number of aryl methyl sites for hydroxylation is 1. The monoisotopic (exact) mass is 398 g/mol. The van der Waals surface area contributed by atoms with Crippen LogP contribution in [0.5, 0.6) is 0 Å². The molecule has 1 heterocycles. The maximum Gasteiger partial charge on any atom is 0.280 e. The number of hydrazone groups is 1. The number of rotatable bonds is 4. The van der Waals surface area contributed by atoms with Crippen LogP contribution in [0.3, 0.4) is 0 Å². The summed E-state index contributed by atoms with van der Waals surface area (Å²) in [7, 11) is 0. The van der Waals surface area contributed by atoms with E-state index in [9.17, 15) is 9.59 Å². The third kappa shape index (κ3) is 3.77. The Hall–Kier alpha value is -2.93. The summed E-state index contributed by atoms with van der Waals surface area (Å²) in [5.74, 6) is -0.353. The number of aromatic nitrogens is 2. The number of H-pyrrole nitrogens is 1. The molecule has 2 N–H and O–H groups in total. The van der Waals surface area contributed by atoms with Gasteiger partial charge in [-0.15, -0.1) is 0 Å². The van der Waals surface area contributed by atoms with Crippen molar-refractivity contribution < 1.29 is 4.79 Å².